The summed E-state index contributed by atoms with van der Waals surface area (Å²) in [5, 5.41) is 3.37. The van der Waals surface area contributed by atoms with Gasteiger partial charge in [0.15, 0.2) is 9.84 Å². The Hall–Kier alpha value is -0.660. The molecule has 0 aromatic heterocycles. The van der Waals surface area contributed by atoms with E-state index in [4.69, 9.17) is 4.74 Å². The van der Waals surface area contributed by atoms with Gasteiger partial charge in [-0.25, -0.2) is 8.42 Å². The van der Waals surface area contributed by atoms with Crippen molar-refractivity contribution in [3.05, 3.63) is 0 Å². The molecular formula is C14H26N2O4S. The van der Waals surface area contributed by atoms with Gasteiger partial charge in [0.05, 0.1) is 18.1 Å². The molecule has 1 saturated heterocycles. The Labute approximate surface area is 127 Å². The lowest BCUT2D eigenvalue weighted by atomic mass is 10.0. The van der Waals surface area contributed by atoms with E-state index >= 15 is 0 Å². The predicted molar refractivity (Wildman–Crippen MR) is 80.9 cm³/mol. The smallest absolute Gasteiger partial charge is 0.327 e. The van der Waals surface area contributed by atoms with Crippen LogP contribution < -0.4 is 5.32 Å². The molecule has 1 saturated carbocycles. The zero-order valence-corrected chi connectivity index (χ0v) is 13.7. The lowest BCUT2D eigenvalue weighted by molar-refractivity contribution is -0.151. The average Bonchev–Trinajstić information content (AvgIpc) is 3.20. The van der Waals surface area contributed by atoms with Crippen LogP contribution in [0.15, 0.2) is 0 Å². The Morgan fingerprint density at radius 2 is 2.05 bits per heavy atom. The zero-order chi connectivity index (χ0) is 15.5. The molecule has 2 rings (SSSR count). The molecule has 1 N–H and O–H groups in total. The maximum Gasteiger partial charge on any atom is 0.327 e. The number of rotatable bonds is 6. The number of ether oxygens (including phenoxy) is 1. The Balaban J connectivity index is 2.01. The van der Waals surface area contributed by atoms with E-state index in [1.807, 2.05) is 6.92 Å². The van der Waals surface area contributed by atoms with Gasteiger partial charge in [-0.3, -0.25) is 15.0 Å². The van der Waals surface area contributed by atoms with Gasteiger partial charge < -0.3 is 4.74 Å². The molecular weight excluding hydrogens is 292 g/mol. The summed E-state index contributed by atoms with van der Waals surface area (Å²) >= 11 is 0. The summed E-state index contributed by atoms with van der Waals surface area (Å²) in [6.07, 6.45) is 2.80. The number of carbonyl (C=O) groups is 1. The second-order valence-corrected chi connectivity index (χ2v) is 8.56. The van der Waals surface area contributed by atoms with Crippen LogP contribution in [0.25, 0.3) is 0 Å². The molecule has 7 heteroatoms. The third-order valence-corrected chi connectivity index (χ3v) is 5.73. The van der Waals surface area contributed by atoms with E-state index in [-0.39, 0.29) is 17.5 Å². The SMILES string of the molecule is CCOC(=O)C(C)(CN1CCCS(=O)(=O)CC1)NC1CC1. The molecule has 0 amide bonds. The topological polar surface area (TPSA) is 75.7 Å². The van der Waals surface area contributed by atoms with Gasteiger partial charge in [-0.2, -0.15) is 0 Å². The molecule has 0 aromatic carbocycles. The summed E-state index contributed by atoms with van der Waals surface area (Å²) in [5.41, 5.74) is -0.759. The summed E-state index contributed by atoms with van der Waals surface area (Å²) in [6.45, 7) is 5.72. The maximum atomic E-state index is 12.3. The van der Waals surface area contributed by atoms with Crippen molar-refractivity contribution in [3.8, 4) is 0 Å². The Morgan fingerprint density at radius 1 is 1.33 bits per heavy atom. The van der Waals surface area contributed by atoms with E-state index in [9.17, 15) is 13.2 Å². The summed E-state index contributed by atoms with van der Waals surface area (Å²) < 4.78 is 28.5. The highest BCUT2D eigenvalue weighted by Gasteiger charge is 2.41. The van der Waals surface area contributed by atoms with Crippen LogP contribution in [-0.4, -0.2) is 68.6 Å². The van der Waals surface area contributed by atoms with Crippen molar-refractivity contribution in [1.82, 2.24) is 10.2 Å². The minimum Gasteiger partial charge on any atom is -0.465 e. The lowest BCUT2D eigenvalue weighted by Gasteiger charge is -2.34. The van der Waals surface area contributed by atoms with Crippen molar-refractivity contribution in [3.63, 3.8) is 0 Å². The first-order valence-electron chi connectivity index (χ1n) is 7.72. The number of carbonyl (C=O) groups excluding carboxylic acids is 1. The molecule has 1 aliphatic carbocycles. The highest BCUT2D eigenvalue weighted by molar-refractivity contribution is 7.91. The highest BCUT2D eigenvalue weighted by atomic mass is 32.2. The van der Waals surface area contributed by atoms with E-state index < -0.39 is 15.4 Å². The van der Waals surface area contributed by atoms with Crippen molar-refractivity contribution in [2.45, 2.75) is 44.7 Å². The van der Waals surface area contributed by atoms with Gasteiger partial charge in [0.1, 0.15) is 5.54 Å². The van der Waals surface area contributed by atoms with E-state index in [1.54, 1.807) is 6.92 Å². The Morgan fingerprint density at radius 3 is 2.67 bits per heavy atom. The van der Waals surface area contributed by atoms with E-state index in [2.05, 4.69) is 10.2 Å². The largest absolute Gasteiger partial charge is 0.465 e. The second-order valence-electron chi connectivity index (χ2n) is 6.25. The molecule has 6 nitrogen and oxygen atoms in total. The van der Waals surface area contributed by atoms with Crippen LogP contribution in [0.1, 0.15) is 33.1 Å². The van der Waals surface area contributed by atoms with Crippen LogP contribution in [0, 0.1) is 0 Å². The van der Waals surface area contributed by atoms with Gasteiger partial charge in [-0.1, -0.05) is 0 Å². The summed E-state index contributed by atoms with van der Waals surface area (Å²) in [7, 11) is -2.93. The lowest BCUT2D eigenvalue weighted by Crippen LogP contribution is -2.58. The van der Waals surface area contributed by atoms with Crippen molar-refractivity contribution in [1.29, 1.82) is 0 Å². The van der Waals surface area contributed by atoms with Gasteiger partial charge in [-0.15, -0.1) is 0 Å². The third-order valence-electron chi connectivity index (χ3n) is 4.01. The van der Waals surface area contributed by atoms with Gasteiger partial charge in [0, 0.05) is 19.1 Å². The third kappa shape index (κ3) is 4.93. The number of sulfone groups is 1. The maximum absolute atomic E-state index is 12.3. The molecule has 0 aromatic rings. The molecule has 2 aliphatic rings. The minimum absolute atomic E-state index is 0.176. The quantitative estimate of drug-likeness (QED) is 0.704. The normalized spacial score (nSPS) is 25.8. The standard InChI is InChI=1S/C14H26N2O4S/c1-3-20-13(17)14(2,15-12-5-6-12)11-16-7-4-9-21(18,19)10-8-16/h12,15H,3-11H2,1-2H3. The molecule has 0 spiro atoms. The molecule has 1 unspecified atom stereocenters. The summed E-state index contributed by atoms with van der Waals surface area (Å²) in [5.74, 6) is 0.175. The van der Waals surface area contributed by atoms with Crippen LogP contribution in [0.4, 0.5) is 0 Å². The second kappa shape index (κ2) is 6.62. The molecule has 21 heavy (non-hydrogen) atoms. The molecule has 1 heterocycles. The van der Waals surface area contributed by atoms with E-state index in [0.29, 0.717) is 38.7 Å². The minimum atomic E-state index is -2.93. The first-order chi connectivity index (χ1) is 9.85. The zero-order valence-electron chi connectivity index (χ0n) is 12.9. The number of hydrogen-bond acceptors (Lipinski definition) is 6. The number of nitrogens with one attached hydrogen (secondary N) is 1. The molecule has 0 radical (unpaired) electrons. The molecule has 1 atom stereocenters. The fourth-order valence-electron chi connectivity index (χ4n) is 2.73. The van der Waals surface area contributed by atoms with Gasteiger partial charge in [-0.05, 0) is 39.7 Å². The number of hydrogen-bond donors (Lipinski definition) is 1. The van der Waals surface area contributed by atoms with Crippen molar-refractivity contribution >= 4 is 15.8 Å². The molecule has 122 valence electrons. The molecule has 2 fully saturated rings. The number of esters is 1. The fraction of sp³-hybridized carbons (Fsp3) is 0.929. The predicted octanol–water partition coefficient (Wildman–Crippen LogP) is 0.181. The monoisotopic (exact) mass is 318 g/mol. The summed E-state index contributed by atoms with van der Waals surface area (Å²) in [6, 6.07) is 0.384. The van der Waals surface area contributed by atoms with Crippen molar-refractivity contribution in [2.75, 3.05) is 37.7 Å². The Bertz CT molecular complexity index is 475. The van der Waals surface area contributed by atoms with Crippen LogP contribution in [0.3, 0.4) is 0 Å². The van der Waals surface area contributed by atoms with E-state index in [0.717, 1.165) is 12.8 Å². The van der Waals surface area contributed by atoms with Gasteiger partial charge in [0.25, 0.3) is 0 Å². The highest BCUT2D eigenvalue weighted by Crippen LogP contribution is 2.24. The van der Waals surface area contributed by atoms with Crippen molar-refractivity contribution < 1.29 is 17.9 Å². The first kappa shape index (κ1) is 16.7. The van der Waals surface area contributed by atoms with Gasteiger partial charge >= 0.3 is 5.97 Å². The van der Waals surface area contributed by atoms with Crippen molar-refractivity contribution in [2.24, 2.45) is 0 Å². The van der Waals surface area contributed by atoms with Crippen LogP contribution in [0.5, 0.6) is 0 Å². The first-order valence-corrected chi connectivity index (χ1v) is 9.54. The Kier molecular flexibility index (Phi) is 5.27. The van der Waals surface area contributed by atoms with Gasteiger partial charge in [0.2, 0.25) is 0 Å². The van der Waals surface area contributed by atoms with Crippen LogP contribution in [-0.2, 0) is 19.4 Å². The summed E-state index contributed by atoms with van der Waals surface area (Å²) in [4.78, 5) is 14.4. The fourth-order valence-corrected chi connectivity index (χ4v) is 4.04. The number of nitrogens with zero attached hydrogens (tertiary/aromatic N) is 1. The molecule has 1 aliphatic heterocycles. The van der Waals surface area contributed by atoms with E-state index in [1.165, 1.54) is 0 Å². The van der Waals surface area contributed by atoms with Crippen LogP contribution in [0.2, 0.25) is 0 Å². The van der Waals surface area contributed by atoms with Crippen LogP contribution >= 0.6 is 0 Å². The molecule has 0 bridgehead atoms. The average molecular weight is 318 g/mol.